The van der Waals surface area contributed by atoms with E-state index in [0.717, 1.165) is 4.68 Å². The Morgan fingerprint density at radius 1 is 1.30 bits per heavy atom. The minimum Gasteiger partial charge on any atom is -0.385 e. The molecule has 0 aromatic carbocycles. The molecule has 1 aromatic heterocycles. The summed E-state index contributed by atoms with van der Waals surface area (Å²) in [4.78, 5) is 0. The van der Waals surface area contributed by atoms with Crippen LogP contribution in [0, 0.1) is 5.92 Å². The van der Waals surface area contributed by atoms with Crippen LogP contribution in [0.5, 0.6) is 0 Å². The fourth-order valence-electron chi connectivity index (χ4n) is 2.30. The average molecular weight is 298 g/mol. The molecule has 1 aromatic rings. The lowest BCUT2D eigenvalue weighted by molar-refractivity contribution is -0.143. The van der Waals surface area contributed by atoms with E-state index in [1.165, 1.54) is 0 Å². The average Bonchev–Trinajstić information content (AvgIpc) is 2.80. The molecule has 1 aliphatic carbocycles. The van der Waals surface area contributed by atoms with Gasteiger partial charge in [-0.3, -0.25) is 4.68 Å². The number of rotatable bonds is 3. The topological polar surface area (TPSA) is 38.0 Å². The van der Waals surface area contributed by atoms with E-state index in [0.29, 0.717) is 6.42 Å². The van der Waals surface area contributed by atoms with Gasteiger partial charge in [-0.25, -0.2) is 8.78 Å². The Labute approximate surface area is 112 Å². The maximum Gasteiger partial charge on any atom is 0.435 e. The third kappa shape index (κ3) is 2.41. The first-order chi connectivity index (χ1) is 9.14. The van der Waals surface area contributed by atoms with E-state index >= 15 is 0 Å². The summed E-state index contributed by atoms with van der Waals surface area (Å²) in [5.41, 5.74) is -2.65. The van der Waals surface area contributed by atoms with Crippen LogP contribution in [0.15, 0.2) is 0 Å². The highest BCUT2D eigenvalue weighted by Crippen LogP contribution is 2.48. The van der Waals surface area contributed by atoms with Crippen LogP contribution in [0.25, 0.3) is 0 Å². The standard InChI is InChI=1S/C12H15F5N2O/c1-5(2)3-4-19-9-6(10(20)8(14)7(9)13)11(18-19)12(15,16)17/h5,7-8,10,20H,3-4H2,1-2H3/t7-,8+,10-/m0/s1. The lowest BCUT2D eigenvalue weighted by Crippen LogP contribution is -2.17. The summed E-state index contributed by atoms with van der Waals surface area (Å²) < 4.78 is 66.6. The summed E-state index contributed by atoms with van der Waals surface area (Å²) >= 11 is 0. The van der Waals surface area contributed by atoms with Crippen LogP contribution in [0.3, 0.4) is 0 Å². The lowest BCUT2D eigenvalue weighted by Gasteiger charge is -2.12. The van der Waals surface area contributed by atoms with E-state index in [-0.39, 0.29) is 12.5 Å². The summed E-state index contributed by atoms with van der Waals surface area (Å²) in [5, 5.41) is 12.8. The molecule has 0 radical (unpaired) electrons. The molecule has 3 atom stereocenters. The van der Waals surface area contributed by atoms with Crippen molar-refractivity contribution in [2.45, 2.75) is 51.4 Å². The molecular formula is C12H15F5N2O. The summed E-state index contributed by atoms with van der Waals surface area (Å²) in [7, 11) is 0. The predicted molar refractivity (Wildman–Crippen MR) is 60.4 cm³/mol. The molecular weight excluding hydrogens is 283 g/mol. The zero-order chi connectivity index (χ0) is 15.2. The van der Waals surface area contributed by atoms with E-state index in [1.54, 1.807) is 0 Å². The fourth-order valence-corrected chi connectivity index (χ4v) is 2.30. The molecule has 0 bridgehead atoms. The van der Waals surface area contributed by atoms with E-state index in [1.807, 2.05) is 13.8 Å². The number of aliphatic hydroxyl groups excluding tert-OH is 1. The van der Waals surface area contributed by atoms with Crippen molar-refractivity contribution < 1.29 is 27.1 Å². The van der Waals surface area contributed by atoms with E-state index in [4.69, 9.17) is 0 Å². The Morgan fingerprint density at radius 2 is 1.90 bits per heavy atom. The minimum atomic E-state index is -4.85. The Kier molecular flexibility index (Phi) is 3.79. The van der Waals surface area contributed by atoms with Gasteiger partial charge >= 0.3 is 6.18 Å². The third-order valence-corrected chi connectivity index (χ3v) is 3.35. The van der Waals surface area contributed by atoms with Crippen molar-refractivity contribution in [3.8, 4) is 0 Å². The molecule has 0 saturated carbocycles. The van der Waals surface area contributed by atoms with Gasteiger partial charge in [0.2, 0.25) is 0 Å². The molecule has 114 valence electrons. The largest absolute Gasteiger partial charge is 0.435 e. The fraction of sp³-hybridized carbons (Fsp3) is 0.750. The summed E-state index contributed by atoms with van der Waals surface area (Å²) in [6.07, 6.45) is -11.2. The van der Waals surface area contributed by atoms with E-state index in [2.05, 4.69) is 5.10 Å². The number of halogens is 5. The first kappa shape index (κ1) is 15.2. The van der Waals surface area contributed by atoms with Gasteiger partial charge in [0.25, 0.3) is 0 Å². The summed E-state index contributed by atoms with van der Waals surface area (Å²) in [6, 6.07) is 0. The van der Waals surface area contributed by atoms with Crippen molar-refractivity contribution in [3.05, 3.63) is 17.0 Å². The van der Waals surface area contributed by atoms with Crippen LogP contribution in [0.4, 0.5) is 22.0 Å². The van der Waals surface area contributed by atoms with Crippen LogP contribution in [0.1, 0.15) is 49.5 Å². The maximum atomic E-state index is 13.8. The molecule has 0 spiro atoms. The molecule has 8 heteroatoms. The molecule has 1 N–H and O–H groups in total. The monoisotopic (exact) mass is 298 g/mol. The predicted octanol–water partition coefficient (Wildman–Crippen LogP) is 3.34. The number of hydrogen-bond donors (Lipinski definition) is 1. The second-order valence-electron chi connectivity index (χ2n) is 5.34. The zero-order valence-corrected chi connectivity index (χ0v) is 11.0. The van der Waals surface area contributed by atoms with Gasteiger partial charge in [0.05, 0.1) is 5.69 Å². The molecule has 1 aliphatic rings. The summed E-state index contributed by atoms with van der Waals surface area (Å²) in [5.74, 6) is 0.176. The smallest absolute Gasteiger partial charge is 0.385 e. The van der Waals surface area contributed by atoms with Gasteiger partial charge in [-0.15, -0.1) is 0 Å². The zero-order valence-electron chi connectivity index (χ0n) is 11.0. The molecule has 20 heavy (non-hydrogen) atoms. The number of aliphatic hydroxyl groups is 1. The van der Waals surface area contributed by atoms with Gasteiger partial charge in [0, 0.05) is 12.1 Å². The molecule has 0 saturated heterocycles. The number of aromatic nitrogens is 2. The van der Waals surface area contributed by atoms with Crippen molar-refractivity contribution in [2.75, 3.05) is 0 Å². The van der Waals surface area contributed by atoms with Crippen LogP contribution < -0.4 is 0 Å². The minimum absolute atomic E-state index is 0.0515. The Balaban J connectivity index is 2.48. The van der Waals surface area contributed by atoms with E-state index in [9.17, 15) is 27.1 Å². The number of hydrogen-bond acceptors (Lipinski definition) is 2. The highest BCUT2D eigenvalue weighted by Gasteiger charge is 2.51. The number of nitrogens with zero attached hydrogens (tertiary/aromatic N) is 2. The molecule has 0 aliphatic heterocycles. The second-order valence-corrected chi connectivity index (χ2v) is 5.34. The van der Waals surface area contributed by atoms with Crippen molar-refractivity contribution in [1.29, 1.82) is 0 Å². The maximum absolute atomic E-state index is 13.8. The highest BCUT2D eigenvalue weighted by atomic mass is 19.4. The van der Waals surface area contributed by atoms with Crippen LogP contribution in [0.2, 0.25) is 0 Å². The molecule has 0 unspecified atom stereocenters. The molecule has 3 nitrogen and oxygen atoms in total. The molecule has 0 amide bonds. The Bertz CT molecular complexity index is 497. The van der Waals surface area contributed by atoms with Crippen LogP contribution in [-0.2, 0) is 12.7 Å². The number of alkyl halides is 5. The van der Waals surface area contributed by atoms with Crippen LogP contribution >= 0.6 is 0 Å². The number of fused-ring (bicyclic) bond motifs is 1. The van der Waals surface area contributed by atoms with Gasteiger partial charge in [0.15, 0.2) is 18.0 Å². The highest BCUT2D eigenvalue weighted by molar-refractivity contribution is 5.38. The van der Waals surface area contributed by atoms with Gasteiger partial charge in [-0.2, -0.15) is 18.3 Å². The second kappa shape index (κ2) is 4.98. The molecule has 1 heterocycles. The van der Waals surface area contributed by atoms with Crippen molar-refractivity contribution in [1.82, 2.24) is 9.78 Å². The Hall–Kier alpha value is -1.18. The molecule has 0 fully saturated rings. The first-order valence-corrected chi connectivity index (χ1v) is 6.28. The van der Waals surface area contributed by atoms with Gasteiger partial charge in [-0.05, 0) is 12.3 Å². The van der Waals surface area contributed by atoms with Gasteiger partial charge in [0.1, 0.15) is 6.10 Å². The van der Waals surface area contributed by atoms with Gasteiger partial charge in [-0.1, -0.05) is 13.8 Å². The third-order valence-electron chi connectivity index (χ3n) is 3.35. The number of aryl methyl sites for hydroxylation is 1. The van der Waals surface area contributed by atoms with Gasteiger partial charge < -0.3 is 5.11 Å². The SMILES string of the molecule is CC(C)CCn1nc(C(F)(F)F)c2c1[C@@H](F)[C@@H](F)[C@H]2O. The lowest BCUT2D eigenvalue weighted by atomic mass is 10.1. The van der Waals surface area contributed by atoms with E-state index < -0.39 is 41.6 Å². The van der Waals surface area contributed by atoms with Crippen molar-refractivity contribution >= 4 is 0 Å². The van der Waals surface area contributed by atoms with Crippen molar-refractivity contribution in [2.24, 2.45) is 5.92 Å². The quantitative estimate of drug-likeness (QED) is 0.869. The Morgan fingerprint density at radius 3 is 2.40 bits per heavy atom. The normalized spacial score (nSPS) is 26.4. The first-order valence-electron chi connectivity index (χ1n) is 6.28. The summed E-state index contributed by atoms with van der Waals surface area (Å²) in [6.45, 7) is 3.76. The van der Waals surface area contributed by atoms with Crippen molar-refractivity contribution in [3.63, 3.8) is 0 Å². The molecule has 2 rings (SSSR count). The van der Waals surface area contributed by atoms with Crippen LogP contribution in [-0.4, -0.2) is 21.1 Å².